The number of aryl methyl sites for hydroxylation is 1. The van der Waals surface area contributed by atoms with E-state index in [1.165, 1.54) is 56.9 Å². The zero-order chi connectivity index (χ0) is 23.0. The summed E-state index contributed by atoms with van der Waals surface area (Å²) in [6.07, 6.45) is 11.9. The van der Waals surface area contributed by atoms with Crippen molar-refractivity contribution in [3.8, 4) is 5.75 Å². The van der Waals surface area contributed by atoms with Gasteiger partial charge in [-0.25, -0.2) is 4.79 Å². The Morgan fingerprint density at radius 3 is 1.94 bits per heavy atom. The van der Waals surface area contributed by atoms with Crippen molar-refractivity contribution in [2.45, 2.75) is 78.1 Å². The van der Waals surface area contributed by atoms with Crippen molar-refractivity contribution in [3.63, 3.8) is 0 Å². The summed E-state index contributed by atoms with van der Waals surface area (Å²) < 4.78 is 10.9. The Balaban J connectivity index is 1.72. The number of carbonyl (C=O) groups is 2. The monoisotopic (exact) mass is 438 g/mol. The van der Waals surface area contributed by atoms with Gasteiger partial charge < -0.3 is 9.47 Å². The molecule has 0 aliphatic rings. The predicted octanol–water partition coefficient (Wildman–Crippen LogP) is 7.20. The van der Waals surface area contributed by atoms with Gasteiger partial charge in [0.2, 0.25) is 0 Å². The highest BCUT2D eigenvalue weighted by Gasteiger charge is 2.12. The third kappa shape index (κ3) is 9.67. The van der Waals surface area contributed by atoms with Crippen LogP contribution in [0.4, 0.5) is 0 Å². The number of hydrogen-bond donors (Lipinski definition) is 0. The van der Waals surface area contributed by atoms with Crippen molar-refractivity contribution in [3.05, 3.63) is 65.2 Å². The lowest BCUT2D eigenvalue weighted by atomic mass is 10.0. The van der Waals surface area contributed by atoms with Crippen LogP contribution in [-0.4, -0.2) is 25.0 Å². The van der Waals surface area contributed by atoms with Crippen molar-refractivity contribution in [2.24, 2.45) is 0 Å². The topological polar surface area (TPSA) is 52.6 Å². The Bertz CT molecular complexity index is 724. The van der Waals surface area contributed by atoms with Gasteiger partial charge >= 0.3 is 5.97 Å². The van der Waals surface area contributed by atoms with Gasteiger partial charge in [-0.3, -0.25) is 4.79 Å². The van der Waals surface area contributed by atoms with Gasteiger partial charge in [-0.05, 0) is 61.2 Å². The minimum Gasteiger partial charge on any atom is -0.494 e. The molecular formula is C28H38O4. The van der Waals surface area contributed by atoms with E-state index >= 15 is 0 Å². The molecule has 174 valence electrons. The molecule has 0 heterocycles. The number of carbonyl (C=O) groups excluding carboxylic acids is 2. The second-order valence-electron chi connectivity index (χ2n) is 8.29. The number of ether oxygens (including phenoxy) is 2. The molecule has 4 heteroatoms. The van der Waals surface area contributed by atoms with Crippen molar-refractivity contribution in [1.82, 2.24) is 0 Å². The molecule has 0 saturated heterocycles. The molecule has 0 saturated carbocycles. The Labute approximate surface area is 193 Å². The molecule has 0 bridgehead atoms. The zero-order valence-corrected chi connectivity index (χ0v) is 19.7. The van der Waals surface area contributed by atoms with E-state index in [1.807, 2.05) is 12.1 Å². The largest absolute Gasteiger partial charge is 0.494 e. The molecule has 2 aromatic rings. The summed E-state index contributed by atoms with van der Waals surface area (Å²) in [5.74, 6) is 0.0527. The lowest BCUT2D eigenvalue weighted by Gasteiger charge is -2.08. The van der Waals surface area contributed by atoms with Gasteiger partial charge in [0.1, 0.15) is 5.75 Å². The number of rotatable bonds is 16. The van der Waals surface area contributed by atoms with Crippen molar-refractivity contribution >= 4 is 11.8 Å². The van der Waals surface area contributed by atoms with Crippen LogP contribution in [0.25, 0.3) is 0 Å². The highest BCUT2D eigenvalue weighted by Crippen LogP contribution is 2.15. The second kappa shape index (κ2) is 15.2. The van der Waals surface area contributed by atoms with Crippen LogP contribution in [0.15, 0.2) is 48.5 Å². The smallest absolute Gasteiger partial charge is 0.338 e. The van der Waals surface area contributed by atoms with Gasteiger partial charge in [0.05, 0.1) is 12.2 Å². The Morgan fingerprint density at radius 2 is 1.28 bits per heavy atom. The highest BCUT2D eigenvalue weighted by molar-refractivity contribution is 5.99. The van der Waals surface area contributed by atoms with Crippen LogP contribution in [0.2, 0.25) is 0 Å². The third-order valence-corrected chi connectivity index (χ3v) is 5.54. The number of esters is 1. The maximum atomic E-state index is 12.4. The fourth-order valence-electron chi connectivity index (χ4n) is 3.49. The molecule has 0 spiro atoms. The Morgan fingerprint density at radius 1 is 0.688 bits per heavy atom. The SMILES string of the molecule is CCCCCCCc1ccc(C(=O)OCC(=O)c2ccc(OCCCCCC)cc2)cc1. The number of unbranched alkanes of at least 4 members (excludes halogenated alkanes) is 7. The molecular weight excluding hydrogens is 400 g/mol. The van der Waals surface area contributed by atoms with E-state index in [1.54, 1.807) is 36.4 Å². The summed E-state index contributed by atoms with van der Waals surface area (Å²) >= 11 is 0. The molecule has 0 aliphatic heterocycles. The van der Waals surface area contributed by atoms with Crippen LogP contribution < -0.4 is 4.74 Å². The van der Waals surface area contributed by atoms with E-state index in [4.69, 9.17) is 9.47 Å². The van der Waals surface area contributed by atoms with Crippen LogP contribution in [0, 0.1) is 0 Å². The lowest BCUT2D eigenvalue weighted by Crippen LogP contribution is -2.14. The summed E-state index contributed by atoms with van der Waals surface area (Å²) in [6, 6.07) is 14.5. The standard InChI is InChI=1S/C28H38O4/c1-3-5-7-9-10-12-23-13-15-25(16-14-23)28(30)32-22-27(29)24-17-19-26(20-18-24)31-21-11-8-6-4-2/h13-20H,3-12,21-22H2,1-2H3. The molecule has 0 radical (unpaired) electrons. The molecule has 2 rings (SSSR count). The van der Waals surface area contributed by atoms with Crippen molar-refractivity contribution in [2.75, 3.05) is 13.2 Å². The molecule has 0 N–H and O–H groups in total. The summed E-state index contributed by atoms with van der Waals surface area (Å²) in [6.45, 7) is 4.81. The first kappa shape index (κ1) is 25.6. The normalized spacial score (nSPS) is 10.7. The molecule has 0 aromatic heterocycles. The van der Waals surface area contributed by atoms with E-state index < -0.39 is 5.97 Å². The molecule has 32 heavy (non-hydrogen) atoms. The van der Waals surface area contributed by atoms with Gasteiger partial charge in [-0.15, -0.1) is 0 Å². The van der Waals surface area contributed by atoms with E-state index in [2.05, 4.69) is 13.8 Å². The fraction of sp³-hybridized carbons (Fsp3) is 0.500. The lowest BCUT2D eigenvalue weighted by molar-refractivity contribution is 0.0474. The molecule has 2 aromatic carbocycles. The van der Waals surface area contributed by atoms with Crippen LogP contribution in [0.3, 0.4) is 0 Å². The van der Waals surface area contributed by atoms with Crippen molar-refractivity contribution < 1.29 is 19.1 Å². The number of benzene rings is 2. The van der Waals surface area contributed by atoms with Crippen LogP contribution in [0.5, 0.6) is 5.75 Å². The number of ketones is 1. The van der Waals surface area contributed by atoms with E-state index in [-0.39, 0.29) is 12.4 Å². The Hall–Kier alpha value is -2.62. The van der Waals surface area contributed by atoms with E-state index in [0.29, 0.717) is 17.7 Å². The maximum absolute atomic E-state index is 12.4. The molecule has 0 unspecified atom stereocenters. The second-order valence-corrected chi connectivity index (χ2v) is 8.29. The first-order valence-corrected chi connectivity index (χ1v) is 12.2. The van der Waals surface area contributed by atoms with Gasteiger partial charge in [0.15, 0.2) is 12.4 Å². The van der Waals surface area contributed by atoms with Crippen LogP contribution in [0.1, 0.15) is 97.9 Å². The van der Waals surface area contributed by atoms with Gasteiger partial charge in [0, 0.05) is 5.56 Å². The van der Waals surface area contributed by atoms with Crippen molar-refractivity contribution in [1.29, 1.82) is 0 Å². The highest BCUT2D eigenvalue weighted by atomic mass is 16.5. The first-order chi connectivity index (χ1) is 15.6. The van der Waals surface area contributed by atoms with E-state index in [0.717, 1.165) is 18.6 Å². The summed E-state index contributed by atoms with van der Waals surface area (Å²) in [4.78, 5) is 24.6. The zero-order valence-electron chi connectivity index (χ0n) is 19.7. The Kier molecular flexibility index (Phi) is 12.2. The first-order valence-electron chi connectivity index (χ1n) is 12.2. The average molecular weight is 439 g/mol. The minimum absolute atomic E-state index is 0.225. The van der Waals surface area contributed by atoms with Gasteiger partial charge in [-0.1, -0.05) is 70.9 Å². The fourth-order valence-corrected chi connectivity index (χ4v) is 3.49. The number of Topliss-reactive ketones (excluding diaryl/α,β-unsaturated/α-hetero) is 1. The molecule has 0 aliphatic carbocycles. The maximum Gasteiger partial charge on any atom is 0.338 e. The molecule has 0 fully saturated rings. The molecule has 0 atom stereocenters. The quantitative estimate of drug-likeness (QED) is 0.158. The van der Waals surface area contributed by atoms with Crippen LogP contribution in [-0.2, 0) is 11.2 Å². The molecule has 0 amide bonds. The summed E-state index contributed by atoms with van der Waals surface area (Å²) in [7, 11) is 0. The average Bonchev–Trinajstić information content (AvgIpc) is 2.83. The number of hydrogen-bond acceptors (Lipinski definition) is 4. The predicted molar refractivity (Wildman–Crippen MR) is 130 cm³/mol. The third-order valence-electron chi connectivity index (χ3n) is 5.54. The summed E-state index contributed by atoms with van der Waals surface area (Å²) in [5, 5.41) is 0. The minimum atomic E-state index is -0.472. The summed E-state index contributed by atoms with van der Waals surface area (Å²) in [5.41, 5.74) is 2.20. The van der Waals surface area contributed by atoms with E-state index in [9.17, 15) is 9.59 Å². The van der Waals surface area contributed by atoms with Gasteiger partial charge in [-0.2, -0.15) is 0 Å². The molecule has 4 nitrogen and oxygen atoms in total. The van der Waals surface area contributed by atoms with Crippen LogP contribution >= 0.6 is 0 Å². The van der Waals surface area contributed by atoms with Gasteiger partial charge in [0.25, 0.3) is 0 Å².